The van der Waals surface area contributed by atoms with Crippen molar-refractivity contribution >= 4 is 17.3 Å². The van der Waals surface area contributed by atoms with E-state index in [-0.39, 0.29) is 5.75 Å². The summed E-state index contributed by atoms with van der Waals surface area (Å²) >= 11 is 0. The van der Waals surface area contributed by atoms with E-state index in [1.807, 2.05) is 30.3 Å². The van der Waals surface area contributed by atoms with Crippen molar-refractivity contribution in [2.24, 2.45) is 10.2 Å². The number of para-hydroxylation sites is 1. The van der Waals surface area contributed by atoms with E-state index >= 15 is 0 Å². The molecule has 2 N–H and O–H groups in total. The van der Waals surface area contributed by atoms with Gasteiger partial charge in [-0.2, -0.15) is 5.11 Å². The van der Waals surface area contributed by atoms with Gasteiger partial charge in [-0.25, -0.2) is 4.79 Å². The average Bonchev–Trinajstić information content (AvgIpc) is 2.63. The summed E-state index contributed by atoms with van der Waals surface area (Å²) in [6, 6.07) is 24.5. The third kappa shape index (κ3) is 5.38. The first kappa shape index (κ1) is 16.9. The molecule has 0 aliphatic heterocycles. The maximum atomic E-state index is 10.2. The fraction of sp³-hybridized carbons (Fsp3) is 0. The number of carboxylic acid groups (broad SMARTS) is 1. The van der Waals surface area contributed by atoms with E-state index in [0.717, 1.165) is 5.69 Å². The summed E-state index contributed by atoms with van der Waals surface area (Å²) in [6.45, 7) is 0. The highest BCUT2D eigenvalue weighted by molar-refractivity contribution is 5.87. The molecule has 0 saturated heterocycles. The van der Waals surface area contributed by atoms with Crippen LogP contribution in [0.15, 0.2) is 95.2 Å². The van der Waals surface area contributed by atoms with E-state index in [0.29, 0.717) is 11.3 Å². The lowest BCUT2D eigenvalue weighted by molar-refractivity contribution is 0.0697. The summed E-state index contributed by atoms with van der Waals surface area (Å²) in [5.74, 6) is -0.743. The number of benzene rings is 3. The Morgan fingerprint density at radius 3 is 1.79 bits per heavy atom. The van der Waals surface area contributed by atoms with Crippen LogP contribution in [0.5, 0.6) is 5.75 Å². The Bertz CT molecular complexity index is 803. The standard InChI is InChI=1S/C12H10N2O.C7H6O2/c15-12-9-5-4-8-11(12)14-13-10-6-2-1-3-7-10;8-7(9)6-4-2-1-3-5-6/h1-9,15H;1-5H,(H,8,9). The van der Waals surface area contributed by atoms with Crippen molar-refractivity contribution in [1.82, 2.24) is 0 Å². The van der Waals surface area contributed by atoms with Crippen LogP contribution in [-0.2, 0) is 0 Å². The molecule has 5 nitrogen and oxygen atoms in total. The number of phenols is 1. The largest absolute Gasteiger partial charge is 0.506 e. The van der Waals surface area contributed by atoms with Gasteiger partial charge in [-0.05, 0) is 36.4 Å². The fourth-order valence-corrected chi connectivity index (χ4v) is 1.74. The van der Waals surface area contributed by atoms with Crippen LogP contribution >= 0.6 is 0 Å². The molecular formula is C19H16N2O3. The summed E-state index contributed by atoms with van der Waals surface area (Å²) in [5, 5.41) is 25.8. The Morgan fingerprint density at radius 2 is 1.25 bits per heavy atom. The molecule has 24 heavy (non-hydrogen) atoms. The second kappa shape index (κ2) is 8.85. The number of rotatable bonds is 3. The number of aromatic hydroxyl groups is 1. The highest BCUT2D eigenvalue weighted by Crippen LogP contribution is 2.26. The predicted octanol–water partition coefficient (Wildman–Crippen LogP) is 5.19. The minimum atomic E-state index is -0.879. The van der Waals surface area contributed by atoms with E-state index in [1.54, 1.807) is 54.6 Å². The van der Waals surface area contributed by atoms with Crippen molar-refractivity contribution in [3.05, 3.63) is 90.5 Å². The smallest absolute Gasteiger partial charge is 0.335 e. The summed E-state index contributed by atoms with van der Waals surface area (Å²) in [7, 11) is 0. The van der Waals surface area contributed by atoms with Gasteiger partial charge in [0.15, 0.2) is 0 Å². The summed E-state index contributed by atoms with van der Waals surface area (Å²) in [5.41, 5.74) is 1.57. The van der Waals surface area contributed by atoms with Gasteiger partial charge in [0.2, 0.25) is 0 Å². The second-order valence-electron chi connectivity index (χ2n) is 4.70. The molecule has 0 atom stereocenters. The zero-order valence-corrected chi connectivity index (χ0v) is 12.8. The number of hydrogen-bond donors (Lipinski definition) is 2. The number of azo groups is 1. The van der Waals surface area contributed by atoms with Crippen molar-refractivity contribution in [3.8, 4) is 5.75 Å². The first-order chi connectivity index (χ1) is 11.7. The van der Waals surface area contributed by atoms with Gasteiger partial charge in [-0.3, -0.25) is 0 Å². The molecule has 0 saturated carbocycles. The van der Waals surface area contributed by atoms with E-state index in [2.05, 4.69) is 10.2 Å². The highest BCUT2D eigenvalue weighted by Gasteiger charge is 1.97. The molecule has 0 aliphatic rings. The molecule has 0 aliphatic carbocycles. The van der Waals surface area contributed by atoms with Gasteiger partial charge in [0.05, 0.1) is 11.3 Å². The summed E-state index contributed by atoms with van der Waals surface area (Å²) < 4.78 is 0. The van der Waals surface area contributed by atoms with Crippen molar-refractivity contribution in [1.29, 1.82) is 0 Å². The lowest BCUT2D eigenvalue weighted by atomic mass is 10.2. The molecule has 120 valence electrons. The van der Waals surface area contributed by atoms with E-state index < -0.39 is 5.97 Å². The van der Waals surface area contributed by atoms with Crippen molar-refractivity contribution in [2.45, 2.75) is 0 Å². The number of nitrogens with zero attached hydrogens (tertiary/aromatic N) is 2. The first-order valence-electron chi connectivity index (χ1n) is 7.20. The monoisotopic (exact) mass is 320 g/mol. The first-order valence-corrected chi connectivity index (χ1v) is 7.20. The highest BCUT2D eigenvalue weighted by atomic mass is 16.4. The molecule has 3 rings (SSSR count). The zero-order chi connectivity index (χ0) is 17.2. The van der Waals surface area contributed by atoms with Crippen LogP contribution in [0.25, 0.3) is 0 Å². The van der Waals surface area contributed by atoms with Crippen molar-refractivity contribution in [3.63, 3.8) is 0 Å². The molecule has 0 unspecified atom stereocenters. The maximum Gasteiger partial charge on any atom is 0.335 e. The molecular weight excluding hydrogens is 304 g/mol. The van der Waals surface area contributed by atoms with E-state index in [1.165, 1.54) is 0 Å². The number of hydrogen-bond acceptors (Lipinski definition) is 4. The van der Waals surface area contributed by atoms with Gasteiger partial charge in [0.1, 0.15) is 11.4 Å². The van der Waals surface area contributed by atoms with Crippen molar-refractivity contribution in [2.75, 3.05) is 0 Å². The SMILES string of the molecule is O=C(O)c1ccccc1.Oc1ccccc1N=Nc1ccccc1. The number of carbonyl (C=O) groups is 1. The summed E-state index contributed by atoms with van der Waals surface area (Å²) in [4.78, 5) is 10.2. The lowest BCUT2D eigenvalue weighted by Crippen LogP contribution is -1.93. The Labute approximate surface area is 139 Å². The van der Waals surface area contributed by atoms with Crippen molar-refractivity contribution < 1.29 is 15.0 Å². The third-order valence-corrected chi connectivity index (χ3v) is 2.93. The van der Waals surface area contributed by atoms with Crippen LogP contribution in [-0.4, -0.2) is 16.2 Å². The molecule has 0 amide bonds. The molecule has 0 spiro atoms. The van der Waals surface area contributed by atoms with Crippen LogP contribution < -0.4 is 0 Å². The molecule has 0 heterocycles. The summed E-state index contributed by atoms with van der Waals surface area (Å²) in [6.07, 6.45) is 0. The minimum absolute atomic E-state index is 0.136. The quantitative estimate of drug-likeness (QED) is 0.651. The Hall–Kier alpha value is -3.47. The van der Waals surface area contributed by atoms with Crippen LogP contribution in [0.4, 0.5) is 11.4 Å². The molecule has 0 bridgehead atoms. The van der Waals surface area contributed by atoms with Crippen LogP contribution in [0.3, 0.4) is 0 Å². The van der Waals surface area contributed by atoms with Crippen LogP contribution in [0.2, 0.25) is 0 Å². The molecule has 0 radical (unpaired) electrons. The van der Waals surface area contributed by atoms with E-state index in [4.69, 9.17) is 5.11 Å². The Kier molecular flexibility index (Phi) is 6.23. The Morgan fingerprint density at radius 1 is 0.708 bits per heavy atom. The lowest BCUT2D eigenvalue weighted by Gasteiger charge is -1.95. The molecule has 0 aromatic heterocycles. The Balaban J connectivity index is 0.000000198. The van der Waals surface area contributed by atoms with Gasteiger partial charge in [0.25, 0.3) is 0 Å². The van der Waals surface area contributed by atoms with E-state index in [9.17, 15) is 9.90 Å². The molecule has 3 aromatic carbocycles. The normalized spacial score (nSPS) is 10.0. The fourth-order valence-electron chi connectivity index (χ4n) is 1.74. The molecule has 5 heteroatoms. The van der Waals surface area contributed by atoms with Crippen LogP contribution in [0, 0.1) is 0 Å². The van der Waals surface area contributed by atoms with Gasteiger partial charge >= 0.3 is 5.97 Å². The van der Waals surface area contributed by atoms with Gasteiger partial charge < -0.3 is 10.2 Å². The zero-order valence-electron chi connectivity index (χ0n) is 12.8. The van der Waals surface area contributed by atoms with Gasteiger partial charge in [-0.15, -0.1) is 5.11 Å². The van der Waals surface area contributed by atoms with Gasteiger partial charge in [0, 0.05) is 0 Å². The topological polar surface area (TPSA) is 82.2 Å². The number of aromatic carboxylic acids is 1. The number of carboxylic acids is 1. The van der Waals surface area contributed by atoms with Gasteiger partial charge in [-0.1, -0.05) is 48.5 Å². The molecule has 0 fully saturated rings. The minimum Gasteiger partial charge on any atom is -0.506 e. The second-order valence-corrected chi connectivity index (χ2v) is 4.70. The maximum absolute atomic E-state index is 10.2. The number of phenolic OH excluding ortho intramolecular Hbond substituents is 1. The third-order valence-electron chi connectivity index (χ3n) is 2.93. The predicted molar refractivity (Wildman–Crippen MR) is 92.1 cm³/mol. The van der Waals surface area contributed by atoms with Crippen LogP contribution in [0.1, 0.15) is 10.4 Å². The molecule has 3 aromatic rings. The average molecular weight is 320 g/mol.